The zero-order chi connectivity index (χ0) is 17.4. The van der Waals surface area contributed by atoms with Gasteiger partial charge < -0.3 is 0 Å². The fraction of sp³-hybridized carbons (Fsp3) is 0. The lowest BCUT2D eigenvalue weighted by atomic mass is 10.1. The van der Waals surface area contributed by atoms with Crippen molar-refractivity contribution >= 4 is 53.3 Å². The molecule has 4 aromatic rings. The Morgan fingerprint density at radius 2 is 1.60 bits per heavy atom. The number of pyridine rings is 1. The van der Waals surface area contributed by atoms with Gasteiger partial charge in [0.2, 0.25) is 0 Å². The quantitative estimate of drug-likeness (QED) is 0.484. The highest BCUT2D eigenvalue weighted by atomic mass is 79.9. The highest BCUT2D eigenvalue weighted by Crippen LogP contribution is 2.30. The average Bonchev–Trinajstić information content (AvgIpc) is 2.62. The Morgan fingerprint density at radius 1 is 0.840 bits per heavy atom. The lowest BCUT2D eigenvalue weighted by Crippen LogP contribution is -2.13. The van der Waals surface area contributed by atoms with Crippen molar-refractivity contribution in [2.45, 2.75) is 4.90 Å². The van der Waals surface area contributed by atoms with Crippen LogP contribution in [0.2, 0.25) is 0 Å². The van der Waals surface area contributed by atoms with Crippen molar-refractivity contribution in [3.8, 4) is 0 Å². The molecular formula is C19H13BrN2O2S. The van der Waals surface area contributed by atoms with Gasteiger partial charge >= 0.3 is 0 Å². The van der Waals surface area contributed by atoms with Crippen LogP contribution in [-0.4, -0.2) is 13.4 Å². The molecule has 0 spiro atoms. The van der Waals surface area contributed by atoms with Crippen molar-refractivity contribution in [1.82, 2.24) is 4.98 Å². The van der Waals surface area contributed by atoms with Gasteiger partial charge in [0, 0.05) is 21.4 Å². The molecule has 0 saturated carbocycles. The molecule has 124 valence electrons. The molecular weight excluding hydrogens is 400 g/mol. The number of nitrogens with one attached hydrogen (secondary N) is 1. The monoisotopic (exact) mass is 412 g/mol. The number of rotatable bonds is 3. The molecule has 6 heteroatoms. The zero-order valence-corrected chi connectivity index (χ0v) is 15.4. The minimum atomic E-state index is -3.67. The normalized spacial score (nSPS) is 11.7. The Hall–Kier alpha value is -2.44. The SMILES string of the molecule is O=S(=O)(Nc1ccnc2c1ccc1ccccc12)c1ccc(Br)cc1. The fourth-order valence-corrected chi connectivity index (χ4v) is 4.14. The number of fused-ring (bicyclic) bond motifs is 3. The third-order valence-electron chi connectivity index (χ3n) is 4.00. The van der Waals surface area contributed by atoms with E-state index in [2.05, 4.69) is 25.6 Å². The summed E-state index contributed by atoms with van der Waals surface area (Å²) in [7, 11) is -3.67. The Labute approximate surface area is 153 Å². The summed E-state index contributed by atoms with van der Waals surface area (Å²) in [6.07, 6.45) is 1.62. The lowest BCUT2D eigenvalue weighted by molar-refractivity contribution is 0.601. The van der Waals surface area contributed by atoms with Crippen LogP contribution in [0, 0.1) is 0 Å². The summed E-state index contributed by atoms with van der Waals surface area (Å²) in [5.41, 5.74) is 1.28. The Kier molecular flexibility index (Phi) is 3.94. The van der Waals surface area contributed by atoms with E-state index in [-0.39, 0.29) is 4.90 Å². The van der Waals surface area contributed by atoms with Crippen molar-refractivity contribution in [1.29, 1.82) is 0 Å². The zero-order valence-electron chi connectivity index (χ0n) is 13.0. The first-order chi connectivity index (χ1) is 12.0. The Bertz CT molecular complexity index is 1190. The first kappa shape index (κ1) is 16.1. The van der Waals surface area contributed by atoms with E-state index in [4.69, 9.17) is 0 Å². The third-order valence-corrected chi connectivity index (χ3v) is 5.91. The predicted octanol–water partition coefficient (Wildman–Crippen LogP) is 4.95. The first-order valence-electron chi connectivity index (χ1n) is 7.59. The summed E-state index contributed by atoms with van der Waals surface area (Å²) < 4.78 is 28.9. The van der Waals surface area contributed by atoms with Crippen LogP contribution in [0.4, 0.5) is 5.69 Å². The van der Waals surface area contributed by atoms with Gasteiger partial charge in [-0.15, -0.1) is 0 Å². The second-order valence-corrected chi connectivity index (χ2v) is 8.20. The molecule has 0 amide bonds. The number of halogens is 1. The molecule has 3 aromatic carbocycles. The number of hydrogen-bond acceptors (Lipinski definition) is 3. The van der Waals surface area contributed by atoms with Crippen LogP contribution in [-0.2, 0) is 10.0 Å². The molecule has 1 N–H and O–H groups in total. The van der Waals surface area contributed by atoms with Gasteiger partial charge in [-0.25, -0.2) is 8.42 Å². The van der Waals surface area contributed by atoms with Crippen LogP contribution < -0.4 is 4.72 Å². The van der Waals surface area contributed by atoms with E-state index in [9.17, 15) is 8.42 Å². The molecule has 4 rings (SSSR count). The maximum atomic E-state index is 12.7. The van der Waals surface area contributed by atoms with E-state index < -0.39 is 10.0 Å². The molecule has 4 nitrogen and oxygen atoms in total. The molecule has 0 atom stereocenters. The van der Waals surface area contributed by atoms with E-state index in [0.29, 0.717) is 5.69 Å². The van der Waals surface area contributed by atoms with Gasteiger partial charge in [0.05, 0.1) is 16.1 Å². The summed E-state index contributed by atoms with van der Waals surface area (Å²) in [6, 6.07) is 20.0. The Morgan fingerprint density at radius 3 is 2.40 bits per heavy atom. The van der Waals surface area contributed by atoms with E-state index in [0.717, 1.165) is 26.1 Å². The smallest absolute Gasteiger partial charge is 0.261 e. The van der Waals surface area contributed by atoms with Gasteiger partial charge in [0.25, 0.3) is 10.0 Å². The molecule has 0 radical (unpaired) electrons. The first-order valence-corrected chi connectivity index (χ1v) is 9.87. The standard InChI is InChI=1S/C19H13BrN2O2S/c20-14-6-8-15(9-7-14)25(23,24)22-18-11-12-21-19-16-4-2-1-3-13(16)5-10-17(18)19/h1-12H,(H,21,22). The van der Waals surface area contributed by atoms with E-state index in [1.54, 1.807) is 36.5 Å². The molecule has 0 aliphatic rings. The maximum Gasteiger partial charge on any atom is 0.261 e. The van der Waals surface area contributed by atoms with Crippen molar-refractivity contribution in [3.05, 3.63) is 77.4 Å². The van der Waals surface area contributed by atoms with Gasteiger partial charge in [-0.2, -0.15) is 0 Å². The molecule has 0 fully saturated rings. The predicted molar refractivity (Wildman–Crippen MR) is 104 cm³/mol. The van der Waals surface area contributed by atoms with E-state index in [1.165, 1.54) is 0 Å². The number of anilines is 1. The highest BCUT2D eigenvalue weighted by molar-refractivity contribution is 9.10. The lowest BCUT2D eigenvalue weighted by Gasteiger charge is -2.11. The number of hydrogen-bond donors (Lipinski definition) is 1. The molecule has 1 aromatic heterocycles. The highest BCUT2D eigenvalue weighted by Gasteiger charge is 2.16. The summed E-state index contributed by atoms with van der Waals surface area (Å²) in [6.45, 7) is 0. The van der Waals surface area contributed by atoms with Crippen LogP contribution in [0.25, 0.3) is 21.7 Å². The minimum absolute atomic E-state index is 0.210. The fourth-order valence-electron chi connectivity index (χ4n) is 2.79. The van der Waals surface area contributed by atoms with Crippen LogP contribution in [0.15, 0.2) is 82.3 Å². The van der Waals surface area contributed by atoms with E-state index in [1.807, 2.05) is 36.4 Å². The second kappa shape index (κ2) is 6.13. The number of sulfonamides is 1. The molecule has 25 heavy (non-hydrogen) atoms. The van der Waals surface area contributed by atoms with Crippen molar-refractivity contribution in [3.63, 3.8) is 0 Å². The van der Waals surface area contributed by atoms with Crippen molar-refractivity contribution < 1.29 is 8.42 Å². The summed E-state index contributed by atoms with van der Waals surface area (Å²) >= 11 is 3.31. The van der Waals surface area contributed by atoms with Crippen LogP contribution in [0.1, 0.15) is 0 Å². The third kappa shape index (κ3) is 2.99. The molecule has 1 heterocycles. The molecule has 0 unspecified atom stereocenters. The second-order valence-electron chi connectivity index (χ2n) is 5.60. The van der Waals surface area contributed by atoms with Crippen molar-refractivity contribution in [2.24, 2.45) is 0 Å². The van der Waals surface area contributed by atoms with Crippen molar-refractivity contribution in [2.75, 3.05) is 4.72 Å². The molecule has 0 saturated heterocycles. The van der Waals surface area contributed by atoms with Crippen LogP contribution in [0.5, 0.6) is 0 Å². The molecule has 0 bridgehead atoms. The number of aromatic nitrogens is 1. The maximum absolute atomic E-state index is 12.7. The minimum Gasteiger partial charge on any atom is -0.279 e. The van der Waals surface area contributed by atoms with Gasteiger partial charge in [0.15, 0.2) is 0 Å². The largest absolute Gasteiger partial charge is 0.279 e. The summed E-state index contributed by atoms with van der Waals surface area (Å²) in [5, 5.41) is 2.82. The van der Waals surface area contributed by atoms with Crippen LogP contribution >= 0.6 is 15.9 Å². The number of nitrogens with zero attached hydrogens (tertiary/aromatic N) is 1. The summed E-state index contributed by atoms with van der Waals surface area (Å²) in [4.78, 5) is 4.65. The molecule has 0 aliphatic heterocycles. The topological polar surface area (TPSA) is 59.1 Å². The van der Waals surface area contributed by atoms with Gasteiger partial charge in [0.1, 0.15) is 0 Å². The van der Waals surface area contributed by atoms with E-state index >= 15 is 0 Å². The van der Waals surface area contributed by atoms with Gasteiger partial charge in [-0.1, -0.05) is 52.3 Å². The molecule has 0 aliphatic carbocycles. The Balaban J connectivity index is 1.84. The number of benzene rings is 3. The van der Waals surface area contributed by atoms with Crippen LogP contribution in [0.3, 0.4) is 0 Å². The van der Waals surface area contributed by atoms with Gasteiger partial charge in [-0.05, 0) is 35.7 Å². The van der Waals surface area contributed by atoms with Gasteiger partial charge in [-0.3, -0.25) is 9.71 Å². The average molecular weight is 413 g/mol. The summed E-state index contributed by atoms with van der Waals surface area (Å²) in [5.74, 6) is 0.